The zero-order valence-electron chi connectivity index (χ0n) is 15.7. The first kappa shape index (κ1) is 16.8. The summed E-state index contributed by atoms with van der Waals surface area (Å²) in [5.74, 6) is 2.22. The van der Waals surface area contributed by atoms with Gasteiger partial charge < -0.3 is 0 Å². The maximum Gasteiger partial charge on any atom is 0.0658 e. The lowest BCUT2D eigenvalue weighted by Gasteiger charge is -2.59. The van der Waals surface area contributed by atoms with Crippen molar-refractivity contribution >= 4 is 0 Å². The third-order valence-corrected chi connectivity index (χ3v) is 7.81. The van der Waals surface area contributed by atoms with Crippen LogP contribution < -0.4 is 0 Å². The summed E-state index contributed by atoms with van der Waals surface area (Å²) in [6.45, 7) is 11.8. The molecule has 126 valence electrons. The summed E-state index contributed by atoms with van der Waals surface area (Å²) in [5.41, 5.74) is 3.83. The predicted molar refractivity (Wildman–Crippen MR) is 96.7 cm³/mol. The van der Waals surface area contributed by atoms with Crippen molar-refractivity contribution in [3.8, 4) is 6.07 Å². The smallest absolute Gasteiger partial charge is 0.0658 e. The van der Waals surface area contributed by atoms with Crippen molar-refractivity contribution < 1.29 is 0 Å². The Bertz CT molecular complexity index is 575. The van der Waals surface area contributed by atoms with Crippen molar-refractivity contribution in [2.75, 3.05) is 0 Å². The minimum absolute atomic E-state index is 0.160. The fourth-order valence-corrected chi connectivity index (χ4v) is 6.06. The minimum Gasteiger partial charge on any atom is -0.198 e. The Labute approximate surface area is 142 Å². The minimum atomic E-state index is 0.160. The van der Waals surface area contributed by atoms with Crippen molar-refractivity contribution in [3.63, 3.8) is 0 Å². The molecule has 0 spiro atoms. The summed E-state index contributed by atoms with van der Waals surface area (Å²) < 4.78 is 0. The van der Waals surface area contributed by atoms with E-state index < -0.39 is 0 Å². The molecule has 5 unspecified atom stereocenters. The molecule has 0 aromatic carbocycles. The highest BCUT2D eigenvalue weighted by Gasteiger charge is 2.55. The summed E-state index contributed by atoms with van der Waals surface area (Å²) in [7, 11) is 0. The molecule has 0 aromatic rings. The van der Waals surface area contributed by atoms with E-state index in [-0.39, 0.29) is 11.3 Å². The van der Waals surface area contributed by atoms with Crippen LogP contribution in [0.15, 0.2) is 23.3 Å². The fraction of sp³-hybridized carbons (Fsp3) is 0.773. The maximum atomic E-state index is 9.58. The van der Waals surface area contributed by atoms with Gasteiger partial charge in [-0.05, 0) is 73.2 Å². The van der Waals surface area contributed by atoms with E-state index in [2.05, 4.69) is 52.8 Å². The van der Waals surface area contributed by atoms with E-state index in [4.69, 9.17) is 0 Å². The lowest BCUT2D eigenvalue weighted by molar-refractivity contribution is -0.0653. The Morgan fingerprint density at radius 2 is 1.96 bits per heavy atom. The molecule has 0 aliphatic heterocycles. The van der Waals surface area contributed by atoms with Gasteiger partial charge in [-0.25, -0.2) is 0 Å². The highest BCUT2D eigenvalue weighted by Crippen LogP contribution is 2.63. The molecular formula is C22H33N. The van der Waals surface area contributed by atoms with Gasteiger partial charge in [0.05, 0.1) is 6.07 Å². The Morgan fingerprint density at radius 1 is 1.22 bits per heavy atom. The first-order valence-corrected chi connectivity index (χ1v) is 9.63. The van der Waals surface area contributed by atoms with Crippen molar-refractivity contribution in [1.82, 2.24) is 0 Å². The van der Waals surface area contributed by atoms with Crippen LogP contribution in [0.1, 0.15) is 73.1 Å². The van der Waals surface area contributed by atoms with Crippen LogP contribution in [0.25, 0.3) is 0 Å². The van der Waals surface area contributed by atoms with Gasteiger partial charge in [0.1, 0.15) is 0 Å². The van der Waals surface area contributed by atoms with Gasteiger partial charge in [0.15, 0.2) is 0 Å². The third kappa shape index (κ3) is 2.50. The first-order chi connectivity index (χ1) is 10.8. The zero-order chi connectivity index (χ0) is 16.8. The van der Waals surface area contributed by atoms with E-state index >= 15 is 0 Å². The summed E-state index contributed by atoms with van der Waals surface area (Å²) in [4.78, 5) is 0. The summed E-state index contributed by atoms with van der Waals surface area (Å²) in [6.07, 6.45) is 12.7. The molecule has 23 heavy (non-hydrogen) atoms. The molecule has 1 saturated carbocycles. The van der Waals surface area contributed by atoms with Crippen molar-refractivity contribution in [2.45, 2.75) is 73.1 Å². The average molecular weight is 312 g/mol. The maximum absolute atomic E-state index is 9.58. The van der Waals surface area contributed by atoms with Gasteiger partial charge in [0, 0.05) is 5.92 Å². The Kier molecular flexibility index (Phi) is 4.24. The monoisotopic (exact) mass is 311 g/mol. The van der Waals surface area contributed by atoms with Gasteiger partial charge in [-0.1, -0.05) is 51.8 Å². The largest absolute Gasteiger partial charge is 0.198 e. The average Bonchev–Trinajstić information content (AvgIpc) is 2.53. The van der Waals surface area contributed by atoms with Crippen LogP contribution in [0.3, 0.4) is 0 Å². The zero-order valence-corrected chi connectivity index (χ0v) is 15.7. The van der Waals surface area contributed by atoms with Crippen LogP contribution in [-0.2, 0) is 0 Å². The molecule has 0 bridgehead atoms. The fourth-order valence-electron chi connectivity index (χ4n) is 6.06. The van der Waals surface area contributed by atoms with Gasteiger partial charge in [0.2, 0.25) is 0 Å². The van der Waals surface area contributed by atoms with Gasteiger partial charge in [-0.3, -0.25) is 0 Å². The normalized spacial score (nSPS) is 41.3. The number of rotatable bonds is 2. The van der Waals surface area contributed by atoms with Crippen LogP contribution in [0.5, 0.6) is 0 Å². The molecule has 3 rings (SSSR count). The van der Waals surface area contributed by atoms with Crippen LogP contribution in [0.2, 0.25) is 0 Å². The number of allylic oxidation sites excluding steroid dienone is 4. The van der Waals surface area contributed by atoms with Gasteiger partial charge in [-0.15, -0.1) is 0 Å². The van der Waals surface area contributed by atoms with Crippen LogP contribution >= 0.6 is 0 Å². The van der Waals surface area contributed by atoms with Crippen LogP contribution in [0, 0.1) is 45.8 Å². The number of hydrogen-bond donors (Lipinski definition) is 0. The number of fused-ring (bicyclic) bond motifs is 3. The molecule has 1 nitrogen and oxygen atoms in total. The molecule has 0 heterocycles. The Morgan fingerprint density at radius 3 is 2.61 bits per heavy atom. The second kappa shape index (κ2) is 5.80. The lowest BCUT2D eigenvalue weighted by Crippen LogP contribution is -2.52. The third-order valence-electron chi connectivity index (χ3n) is 7.81. The first-order valence-electron chi connectivity index (χ1n) is 9.63. The van der Waals surface area contributed by atoms with E-state index in [0.29, 0.717) is 23.2 Å². The number of nitriles is 1. The molecule has 0 amide bonds. The van der Waals surface area contributed by atoms with E-state index in [1.165, 1.54) is 38.5 Å². The molecule has 3 aliphatic rings. The summed E-state index contributed by atoms with van der Waals surface area (Å²) >= 11 is 0. The van der Waals surface area contributed by atoms with Crippen molar-refractivity contribution in [2.24, 2.45) is 34.5 Å². The molecule has 5 atom stereocenters. The van der Waals surface area contributed by atoms with Crippen molar-refractivity contribution in [1.29, 1.82) is 5.26 Å². The lowest BCUT2D eigenvalue weighted by atomic mass is 9.45. The highest BCUT2D eigenvalue weighted by atomic mass is 14.6. The Hall–Kier alpha value is -1.03. The predicted octanol–water partition coefficient (Wildman–Crippen LogP) is 6.28. The highest BCUT2D eigenvalue weighted by molar-refractivity contribution is 5.35. The second-order valence-corrected chi connectivity index (χ2v) is 9.17. The molecule has 0 saturated heterocycles. The standard InChI is InChI=1S/C22H33N/c1-15(2)17-7-9-19-18(13-17)8-10-20-21(4,16(3)14-23)11-6-12-22(19,20)5/h8,13,15-16,19-20H,6-7,9-12H2,1-5H3. The molecule has 0 radical (unpaired) electrons. The topological polar surface area (TPSA) is 23.8 Å². The molecule has 3 aliphatic carbocycles. The summed E-state index contributed by atoms with van der Waals surface area (Å²) in [6, 6.07) is 2.59. The number of nitrogens with zero attached hydrogens (tertiary/aromatic N) is 1. The van der Waals surface area contributed by atoms with E-state index in [9.17, 15) is 5.26 Å². The van der Waals surface area contributed by atoms with Gasteiger partial charge in [-0.2, -0.15) is 5.26 Å². The summed E-state index contributed by atoms with van der Waals surface area (Å²) in [5, 5.41) is 9.58. The van der Waals surface area contributed by atoms with E-state index in [0.717, 1.165) is 0 Å². The van der Waals surface area contributed by atoms with E-state index in [1.807, 2.05) is 0 Å². The molecular weight excluding hydrogens is 278 g/mol. The molecule has 1 heteroatoms. The van der Waals surface area contributed by atoms with Crippen LogP contribution in [0.4, 0.5) is 0 Å². The number of hydrogen-bond acceptors (Lipinski definition) is 1. The van der Waals surface area contributed by atoms with Crippen LogP contribution in [-0.4, -0.2) is 0 Å². The SMILES string of the molecule is CC(C)C1=CC2=CCC3C(C)(C(C)C#N)CCCC3(C)C2CC1. The second-order valence-electron chi connectivity index (χ2n) is 9.17. The van der Waals surface area contributed by atoms with Gasteiger partial charge >= 0.3 is 0 Å². The Balaban J connectivity index is 1.99. The van der Waals surface area contributed by atoms with E-state index in [1.54, 1.807) is 11.1 Å². The quantitative estimate of drug-likeness (QED) is 0.588. The molecule has 0 aromatic heterocycles. The van der Waals surface area contributed by atoms with Crippen molar-refractivity contribution in [3.05, 3.63) is 23.3 Å². The molecule has 1 fully saturated rings. The van der Waals surface area contributed by atoms with Gasteiger partial charge in [0.25, 0.3) is 0 Å². The molecule has 0 N–H and O–H groups in total.